The number of hydrogen-bond acceptors (Lipinski definition) is 5. The Hall–Kier alpha value is -3.00. The minimum Gasteiger partial charge on any atom is -0.364 e. The Labute approximate surface area is 154 Å². The van der Waals surface area contributed by atoms with Crippen molar-refractivity contribution >= 4 is 34.7 Å². The fraction of sp³-hybridized carbons (Fsp3) is 0.222. The van der Waals surface area contributed by atoms with Crippen LogP contribution < -0.4 is 16.0 Å². The third kappa shape index (κ3) is 3.50. The number of nitrogens with zero attached hydrogens (tertiary/aromatic N) is 2. The van der Waals surface area contributed by atoms with E-state index in [1.807, 2.05) is 6.07 Å². The first-order valence-electron chi connectivity index (χ1n) is 8.09. The zero-order valence-corrected chi connectivity index (χ0v) is 14.8. The molecule has 1 aromatic heterocycles. The number of anilines is 1. The Morgan fingerprint density at radius 1 is 1.38 bits per heavy atom. The molecule has 0 aliphatic carbocycles. The number of thiazole rings is 1. The van der Waals surface area contributed by atoms with Gasteiger partial charge in [-0.05, 0) is 36.6 Å². The Morgan fingerprint density at radius 2 is 2.19 bits per heavy atom. The molecule has 3 N–H and O–H groups in total. The molecule has 26 heavy (non-hydrogen) atoms. The number of carbonyl (C=O) groups excluding carboxylic acids is 3. The Bertz CT molecular complexity index is 890. The SMILES string of the molecule is C=CC(=O)N1CCCc2c(C(=O)NCc3nc(C(N)=O)cs3)cccc21. The lowest BCUT2D eigenvalue weighted by Crippen LogP contribution is -2.35. The Kier molecular flexibility index (Phi) is 5.13. The predicted molar refractivity (Wildman–Crippen MR) is 99.1 cm³/mol. The topological polar surface area (TPSA) is 105 Å². The van der Waals surface area contributed by atoms with Crippen molar-refractivity contribution in [2.45, 2.75) is 19.4 Å². The second-order valence-corrected chi connectivity index (χ2v) is 6.72. The fourth-order valence-electron chi connectivity index (χ4n) is 2.93. The molecule has 134 valence electrons. The van der Waals surface area contributed by atoms with Crippen LogP contribution in [0.4, 0.5) is 5.69 Å². The summed E-state index contributed by atoms with van der Waals surface area (Å²) in [4.78, 5) is 41.5. The summed E-state index contributed by atoms with van der Waals surface area (Å²) in [6.45, 7) is 4.35. The number of carbonyl (C=O) groups is 3. The molecule has 0 fully saturated rings. The molecule has 0 saturated heterocycles. The second-order valence-electron chi connectivity index (χ2n) is 5.77. The van der Waals surface area contributed by atoms with Gasteiger partial charge in [0.05, 0.1) is 6.54 Å². The first-order valence-corrected chi connectivity index (χ1v) is 8.97. The van der Waals surface area contributed by atoms with Gasteiger partial charge in [0.15, 0.2) is 0 Å². The van der Waals surface area contributed by atoms with Gasteiger partial charge in [-0.3, -0.25) is 14.4 Å². The van der Waals surface area contributed by atoms with Gasteiger partial charge in [-0.2, -0.15) is 0 Å². The zero-order chi connectivity index (χ0) is 18.7. The molecular weight excluding hydrogens is 352 g/mol. The van der Waals surface area contributed by atoms with E-state index in [4.69, 9.17) is 5.73 Å². The molecule has 0 atom stereocenters. The van der Waals surface area contributed by atoms with Crippen LogP contribution in [0.15, 0.2) is 36.2 Å². The van der Waals surface area contributed by atoms with E-state index in [0.29, 0.717) is 17.1 Å². The van der Waals surface area contributed by atoms with Crippen molar-refractivity contribution in [1.29, 1.82) is 0 Å². The Balaban J connectivity index is 1.78. The Morgan fingerprint density at radius 3 is 2.88 bits per heavy atom. The molecule has 1 aromatic carbocycles. The van der Waals surface area contributed by atoms with Crippen molar-refractivity contribution in [3.05, 3.63) is 58.1 Å². The summed E-state index contributed by atoms with van der Waals surface area (Å²) in [5.74, 6) is -1.02. The van der Waals surface area contributed by atoms with E-state index >= 15 is 0 Å². The van der Waals surface area contributed by atoms with Gasteiger partial charge in [0, 0.05) is 23.2 Å². The maximum absolute atomic E-state index is 12.6. The van der Waals surface area contributed by atoms with Crippen molar-refractivity contribution < 1.29 is 14.4 Å². The van der Waals surface area contributed by atoms with Crippen LogP contribution in [0.1, 0.15) is 37.8 Å². The van der Waals surface area contributed by atoms with Crippen LogP contribution in [-0.2, 0) is 17.8 Å². The molecule has 0 bridgehead atoms. The van der Waals surface area contributed by atoms with E-state index in [2.05, 4.69) is 16.9 Å². The van der Waals surface area contributed by atoms with Crippen LogP contribution in [0.3, 0.4) is 0 Å². The van der Waals surface area contributed by atoms with E-state index in [-0.39, 0.29) is 24.1 Å². The maximum atomic E-state index is 12.6. The monoisotopic (exact) mass is 370 g/mol. The van der Waals surface area contributed by atoms with Gasteiger partial charge in [0.1, 0.15) is 10.7 Å². The van der Waals surface area contributed by atoms with Crippen molar-refractivity contribution in [2.24, 2.45) is 5.73 Å². The summed E-state index contributed by atoms with van der Waals surface area (Å²) < 4.78 is 0. The van der Waals surface area contributed by atoms with E-state index in [1.54, 1.807) is 22.4 Å². The van der Waals surface area contributed by atoms with Gasteiger partial charge in [0.25, 0.3) is 11.8 Å². The van der Waals surface area contributed by atoms with Gasteiger partial charge in [-0.15, -0.1) is 11.3 Å². The van der Waals surface area contributed by atoms with Crippen LogP contribution in [0.5, 0.6) is 0 Å². The van der Waals surface area contributed by atoms with Gasteiger partial charge in [0.2, 0.25) is 5.91 Å². The molecule has 0 spiro atoms. The summed E-state index contributed by atoms with van der Waals surface area (Å²) in [7, 11) is 0. The molecule has 7 nitrogen and oxygen atoms in total. The van der Waals surface area contributed by atoms with Gasteiger partial charge in [-0.25, -0.2) is 4.98 Å². The standard InChI is InChI=1S/C18H18N4O3S/c1-2-16(23)22-8-4-6-11-12(5-3-7-14(11)22)18(25)20-9-15-21-13(10-26-15)17(19)24/h2-3,5,7,10H,1,4,6,8-9H2,(H2,19,24)(H,20,25). The summed E-state index contributed by atoms with van der Waals surface area (Å²) in [5, 5.41) is 4.97. The lowest BCUT2D eigenvalue weighted by molar-refractivity contribution is -0.114. The largest absolute Gasteiger partial charge is 0.364 e. The van der Waals surface area contributed by atoms with Crippen LogP contribution in [0.25, 0.3) is 0 Å². The highest BCUT2D eigenvalue weighted by Gasteiger charge is 2.24. The van der Waals surface area contributed by atoms with Crippen LogP contribution in [0.2, 0.25) is 0 Å². The van der Waals surface area contributed by atoms with Crippen molar-refractivity contribution in [1.82, 2.24) is 10.3 Å². The molecule has 0 radical (unpaired) electrons. The number of amides is 3. The minimum absolute atomic E-state index is 0.176. The number of aromatic nitrogens is 1. The van der Waals surface area contributed by atoms with Gasteiger partial charge >= 0.3 is 0 Å². The third-order valence-electron chi connectivity index (χ3n) is 4.14. The minimum atomic E-state index is -0.595. The van der Waals surface area contributed by atoms with Crippen molar-refractivity contribution in [3.63, 3.8) is 0 Å². The number of rotatable bonds is 5. The molecule has 0 unspecified atom stereocenters. The molecule has 0 saturated carbocycles. The molecule has 2 heterocycles. The first kappa shape index (κ1) is 17.8. The summed E-state index contributed by atoms with van der Waals surface area (Å²) in [6.07, 6.45) is 2.79. The quantitative estimate of drug-likeness (QED) is 0.781. The number of benzene rings is 1. The molecule has 1 aliphatic rings. The average Bonchev–Trinajstić information content (AvgIpc) is 3.14. The van der Waals surface area contributed by atoms with Crippen LogP contribution in [0, 0.1) is 0 Å². The van der Waals surface area contributed by atoms with Crippen molar-refractivity contribution in [2.75, 3.05) is 11.4 Å². The van der Waals surface area contributed by atoms with Gasteiger partial charge in [-0.1, -0.05) is 12.6 Å². The molecular formula is C18H18N4O3S. The number of primary amides is 1. The van der Waals surface area contributed by atoms with E-state index in [1.165, 1.54) is 17.4 Å². The fourth-order valence-corrected chi connectivity index (χ4v) is 3.66. The van der Waals surface area contributed by atoms with E-state index in [9.17, 15) is 14.4 Å². The number of hydrogen-bond donors (Lipinski definition) is 2. The van der Waals surface area contributed by atoms with E-state index < -0.39 is 5.91 Å². The normalized spacial score (nSPS) is 13.0. The third-order valence-corrected chi connectivity index (χ3v) is 4.99. The van der Waals surface area contributed by atoms with E-state index in [0.717, 1.165) is 24.1 Å². The summed E-state index contributed by atoms with van der Waals surface area (Å²) >= 11 is 1.26. The van der Waals surface area contributed by atoms with Gasteiger partial charge < -0.3 is 16.0 Å². The number of nitrogens with two attached hydrogens (primary N) is 1. The number of nitrogens with one attached hydrogen (secondary N) is 1. The highest BCUT2D eigenvalue weighted by Crippen LogP contribution is 2.30. The maximum Gasteiger partial charge on any atom is 0.268 e. The lowest BCUT2D eigenvalue weighted by Gasteiger charge is -2.29. The van der Waals surface area contributed by atoms with Crippen molar-refractivity contribution in [3.8, 4) is 0 Å². The highest BCUT2D eigenvalue weighted by atomic mass is 32.1. The average molecular weight is 370 g/mol. The highest BCUT2D eigenvalue weighted by molar-refractivity contribution is 7.09. The predicted octanol–water partition coefficient (Wildman–Crippen LogP) is 1.64. The molecule has 8 heteroatoms. The molecule has 2 aromatic rings. The lowest BCUT2D eigenvalue weighted by atomic mass is 9.95. The first-order chi connectivity index (χ1) is 12.5. The summed E-state index contributed by atoms with van der Waals surface area (Å²) in [6, 6.07) is 5.34. The smallest absolute Gasteiger partial charge is 0.268 e. The molecule has 1 aliphatic heterocycles. The molecule has 3 amide bonds. The summed E-state index contributed by atoms with van der Waals surface area (Å²) in [5.41, 5.74) is 7.50. The molecule has 3 rings (SSSR count). The number of fused-ring (bicyclic) bond motifs is 1. The zero-order valence-electron chi connectivity index (χ0n) is 14.0. The van der Waals surface area contributed by atoms with Crippen LogP contribution in [-0.4, -0.2) is 29.3 Å². The second kappa shape index (κ2) is 7.49. The van der Waals surface area contributed by atoms with Crippen LogP contribution >= 0.6 is 11.3 Å².